The molecule has 0 bridgehead atoms. The summed E-state index contributed by atoms with van der Waals surface area (Å²) in [4.78, 5) is 10.9. The molecular weight excluding hydrogens is 283 g/mol. The van der Waals surface area contributed by atoms with Crippen molar-refractivity contribution in [1.82, 2.24) is 5.32 Å². The predicted octanol–water partition coefficient (Wildman–Crippen LogP) is 3.12. The standard InChI is InChI=1S/C10H12F7NO/c11-7(12)9(13,14)8(19)18-6-3-1-5(2-4-6)10(15,16)17/h5-7H,1-4H2,(H,18,19). The molecule has 0 unspecified atom stereocenters. The van der Waals surface area contributed by atoms with E-state index >= 15 is 0 Å². The van der Waals surface area contributed by atoms with E-state index < -0.39 is 36.4 Å². The van der Waals surface area contributed by atoms with Gasteiger partial charge in [-0.25, -0.2) is 8.78 Å². The lowest BCUT2D eigenvalue weighted by Crippen LogP contribution is -2.50. The van der Waals surface area contributed by atoms with Gasteiger partial charge in [0.1, 0.15) is 0 Å². The zero-order valence-corrected chi connectivity index (χ0v) is 9.61. The Morgan fingerprint density at radius 3 is 1.84 bits per heavy atom. The first-order valence-corrected chi connectivity index (χ1v) is 5.58. The molecule has 0 aromatic rings. The first kappa shape index (κ1) is 16.0. The van der Waals surface area contributed by atoms with E-state index in [1.807, 2.05) is 0 Å². The van der Waals surface area contributed by atoms with E-state index in [2.05, 4.69) is 0 Å². The third-order valence-corrected chi connectivity index (χ3v) is 3.10. The number of halogens is 7. The zero-order valence-electron chi connectivity index (χ0n) is 9.61. The van der Waals surface area contributed by atoms with Gasteiger partial charge in [0.15, 0.2) is 0 Å². The van der Waals surface area contributed by atoms with Crippen molar-refractivity contribution < 1.29 is 35.5 Å². The summed E-state index contributed by atoms with van der Waals surface area (Å²) >= 11 is 0. The van der Waals surface area contributed by atoms with E-state index in [9.17, 15) is 35.5 Å². The monoisotopic (exact) mass is 295 g/mol. The Kier molecular flexibility index (Phi) is 4.67. The number of nitrogens with one attached hydrogen (secondary N) is 1. The molecule has 0 heterocycles. The lowest BCUT2D eigenvalue weighted by atomic mass is 9.85. The number of alkyl halides is 7. The summed E-state index contributed by atoms with van der Waals surface area (Å²) < 4.78 is 85.9. The molecule has 1 aliphatic rings. The molecule has 0 radical (unpaired) electrons. The van der Waals surface area contributed by atoms with E-state index in [0.29, 0.717) is 0 Å². The van der Waals surface area contributed by atoms with Crippen LogP contribution < -0.4 is 5.32 Å². The third-order valence-electron chi connectivity index (χ3n) is 3.10. The van der Waals surface area contributed by atoms with Crippen molar-refractivity contribution in [3.8, 4) is 0 Å². The summed E-state index contributed by atoms with van der Waals surface area (Å²) in [5.74, 6) is -8.49. The maximum atomic E-state index is 12.6. The number of carbonyl (C=O) groups is 1. The molecule has 0 spiro atoms. The fraction of sp³-hybridized carbons (Fsp3) is 0.900. The Bertz CT molecular complexity index is 320. The highest BCUT2D eigenvalue weighted by molar-refractivity contribution is 5.84. The molecule has 0 aromatic heterocycles. The Balaban J connectivity index is 2.48. The van der Waals surface area contributed by atoms with Gasteiger partial charge in [-0.1, -0.05) is 0 Å². The Morgan fingerprint density at radius 1 is 1.00 bits per heavy atom. The predicted molar refractivity (Wildman–Crippen MR) is 50.9 cm³/mol. The molecular formula is C10H12F7NO. The molecule has 19 heavy (non-hydrogen) atoms. The minimum absolute atomic E-state index is 0.158. The summed E-state index contributed by atoms with van der Waals surface area (Å²) in [6.45, 7) is 0. The molecule has 1 amide bonds. The molecule has 9 heteroatoms. The molecule has 0 aromatic carbocycles. The lowest BCUT2D eigenvalue weighted by Gasteiger charge is -2.31. The van der Waals surface area contributed by atoms with Gasteiger partial charge in [0.25, 0.3) is 5.91 Å². The summed E-state index contributed by atoms with van der Waals surface area (Å²) in [5, 5.41) is 1.68. The van der Waals surface area contributed by atoms with Crippen molar-refractivity contribution in [2.24, 2.45) is 5.92 Å². The van der Waals surface area contributed by atoms with Gasteiger partial charge < -0.3 is 5.32 Å². The van der Waals surface area contributed by atoms with Crippen LogP contribution in [0.5, 0.6) is 0 Å². The van der Waals surface area contributed by atoms with Crippen LogP contribution >= 0.6 is 0 Å². The van der Waals surface area contributed by atoms with Crippen LogP contribution in [0.15, 0.2) is 0 Å². The second kappa shape index (κ2) is 5.54. The van der Waals surface area contributed by atoms with Gasteiger partial charge in [0.2, 0.25) is 0 Å². The average molecular weight is 295 g/mol. The summed E-state index contributed by atoms with van der Waals surface area (Å²) in [7, 11) is 0. The molecule has 0 aliphatic heterocycles. The second-order valence-electron chi connectivity index (χ2n) is 4.49. The van der Waals surface area contributed by atoms with Gasteiger partial charge in [-0.05, 0) is 25.7 Å². The molecule has 1 N–H and O–H groups in total. The first-order chi connectivity index (χ1) is 8.55. The highest BCUT2D eigenvalue weighted by atomic mass is 19.4. The average Bonchev–Trinajstić information content (AvgIpc) is 2.28. The third kappa shape index (κ3) is 3.97. The van der Waals surface area contributed by atoms with E-state index in [1.165, 1.54) is 0 Å². The smallest absolute Gasteiger partial charge is 0.348 e. The van der Waals surface area contributed by atoms with Crippen LogP contribution in [0.3, 0.4) is 0 Å². The van der Waals surface area contributed by atoms with Crippen LogP contribution in [0.25, 0.3) is 0 Å². The SMILES string of the molecule is O=C(NC1CCC(C(F)(F)F)CC1)C(F)(F)C(F)F. The van der Waals surface area contributed by atoms with Crippen LogP contribution in [0.4, 0.5) is 30.7 Å². The molecule has 112 valence electrons. The van der Waals surface area contributed by atoms with Gasteiger partial charge in [0, 0.05) is 6.04 Å². The highest BCUT2D eigenvalue weighted by Gasteiger charge is 2.50. The number of hydrogen-bond acceptors (Lipinski definition) is 1. The normalized spacial score (nSPS) is 25.5. The van der Waals surface area contributed by atoms with Crippen LogP contribution in [0.1, 0.15) is 25.7 Å². The Morgan fingerprint density at radius 2 is 1.47 bits per heavy atom. The van der Waals surface area contributed by atoms with Crippen molar-refractivity contribution in [3.63, 3.8) is 0 Å². The molecule has 2 nitrogen and oxygen atoms in total. The summed E-state index contributed by atoms with van der Waals surface area (Å²) in [6, 6.07) is -0.921. The Hall–Kier alpha value is -1.02. The minimum atomic E-state index is -4.82. The molecule has 1 fully saturated rings. The van der Waals surface area contributed by atoms with Gasteiger partial charge in [0.05, 0.1) is 5.92 Å². The number of rotatable bonds is 3. The van der Waals surface area contributed by atoms with Crippen LogP contribution in [0, 0.1) is 5.92 Å². The van der Waals surface area contributed by atoms with Gasteiger partial charge in [-0.3, -0.25) is 4.79 Å². The molecule has 0 atom stereocenters. The van der Waals surface area contributed by atoms with Crippen molar-refractivity contribution in [1.29, 1.82) is 0 Å². The second-order valence-corrected chi connectivity index (χ2v) is 4.49. The van der Waals surface area contributed by atoms with E-state index in [4.69, 9.17) is 0 Å². The maximum absolute atomic E-state index is 12.6. The van der Waals surface area contributed by atoms with Crippen molar-refractivity contribution >= 4 is 5.91 Å². The zero-order chi connectivity index (χ0) is 14.8. The largest absolute Gasteiger partial charge is 0.391 e. The first-order valence-electron chi connectivity index (χ1n) is 5.58. The summed E-state index contributed by atoms with van der Waals surface area (Å²) in [6.07, 6.45) is -9.44. The van der Waals surface area contributed by atoms with E-state index in [0.717, 1.165) is 0 Å². The topological polar surface area (TPSA) is 29.1 Å². The lowest BCUT2D eigenvalue weighted by molar-refractivity contribution is -0.184. The molecule has 0 saturated heterocycles. The number of hydrogen-bond donors (Lipinski definition) is 1. The highest BCUT2D eigenvalue weighted by Crippen LogP contribution is 2.37. The molecule has 1 rings (SSSR count). The number of amides is 1. The van der Waals surface area contributed by atoms with Gasteiger partial charge >= 0.3 is 18.5 Å². The summed E-state index contributed by atoms with van der Waals surface area (Å²) in [5.41, 5.74) is 0. The van der Waals surface area contributed by atoms with Crippen LogP contribution in [-0.2, 0) is 4.79 Å². The molecule has 1 saturated carbocycles. The van der Waals surface area contributed by atoms with Crippen molar-refractivity contribution in [2.45, 2.75) is 50.2 Å². The van der Waals surface area contributed by atoms with Gasteiger partial charge in [-0.15, -0.1) is 0 Å². The van der Waals surface area contributed by atoms with Crippen molar-refractivity contribution in [2.75, 3.05) is 0 Å². The van der Waals surface area contributed by atoms with E-state index in [1.54, 1.807) is 5.32 Å². The fourth-order valence-corrected chi connectivity index (χ4v) is 1.95. The fourth-order valence-electron chi connectivity index (χ4n) is 1.95. The van der Waals surface area contributed by atoms with Crippen LogP contribution in [-0.4, -0.2) is 30.5 Å². The molecule has 1 aliphatic carbocycles. The quantitative estimate of drug-likeness (QED) is 0.796. The Labute approximate surface area is 104 Å². The van der Waals surface area contributed by atoms with Crippen molar-refractivity contribution in [3.05, 3.63) is 0 Å². The van der Waals surface area contributed by atoms with Gasteiger partial charge in [-0.2, -0.15) is 22.0 Å². The minimum Gasteiger partial charge on any atom is -0.348 e. The number of carbonyl (C=O) groups excluding carboxylic acids is 1. The van der Waals surface area contributed by atoms with E-state index in [-0.39, 0.29) is 25.7 Å². The maximum Gasteiger partial charge on any atom is 0.391 e. The van der Waals surface area contributed by atoms with Crippen LogP contribution in [0.2, 0.25) is 0 Å².